The molecule has 0 radical (unpaired) electrons. The van der Waals surface area contributed by atoms with E-state index >= 15 is 0 Å². The van der Waals surface area contributed by atoms with Gasteiger partial charge < -0.3 is 18.3 Å². The van der Waals surface area contributed by atoms with Crippen molar-refractivity contribution in [3.63, 3.8) is 0 Å². The minimum absolute atomic E-state index is 0.297. The first-order chi connectivity index (χ1) is 16.6. The van der Waals surface area contributed by atoms with Crippen LogP contribution < -0.4 is 0 Å². The van der Waals surface area contributed by atoms with Crippen LogP contribution in [0.1, 0.15) is 68.2 Å². The molecule has 1 saturated heterocycles. The first-order valence-electron chi connectivity index (χ1n) is 13.7. The van der Waals surface area contributed by atoms with E-state index < -0.39 is 33.6 Å². The van der Waals surface area contributed by atoms with Crippen LogP contribution in [0.2, 0.25) is 36.3 Å². The second-order valence-corrected chi connectivity index (χ2v) is 20.1. The molecule has 1 fully saturated rings. The normalized spacial score (nSPS) is 31.2. The molecule has 0 unspecified atom stereocenters. The first-order valence-corrected chi connectivity index (χ1v) is 18.8. The zero-order chi connectivity index (χ0) is 25.8. The lowest BCUT2D eigenvalue weighted by molar-refractivity contribution is -0.157. The molecule has 0 aromatic rings. The standard InChI is InChI=1S/C29H46O4Si2/c1-9-34(10-2,11-3)32-28-21-17-19-25(28)18-15-16-20-29(23-22-28,26-24-30-27(7,8)31-26)33-35(12-4,13-5)14-6/h17-19,26H,9-14,20-21,24H2,1-8H3/b25-18-/t26-,28+,29-/m1/s1. The largest absolute Gasteiger partial charge is 0.398 e. The monoisotopic (exact) mass is 514 g/mol. The van der Waals surface area contributed by atoms with E-state index in [4.69, 9.17) is 18.3 Å². The number of hydrogen-bond donors (Lipinski definition) is 0. The van der Waals surface area contributed by atoms with Crippen LogP contribution in [0.5, 0.6) is 0 Å². The molecule has 194 valence electrons. The Bertz CT molecular complexity index is 923. The highest BCUT2D eigenvalue weighted by Gasteiger charge is 2.52. The molecule has 0 N–H and O–H groups in total. The van der Waals surface area contributed by atoms with Gasteiger partial charge in [-0.15, -0.1) is 0 Å². The van der Waals surface area contributed by atoms with Crippen LogP contribution in [-0.4, -0.2) is 46.3 Å². The van der Waals surface area contributed by atoms with Gasteiger partial charge in [0, 0.05) is 12.0 Å². The Labute approximate surface area is 216 Å². The molecule has 0 aromatic heterocycles. The zero-order valence-corrected chi connectivity index (χ0v) is 25.3. The highest BCUT2D eigenvalue weighted by Crippen LogP contribution is 2.42. The van der Waals surface area contributed by atoms with Gasteiger partial charge in [-0.3, -0.25) is 0 Å². The maximum atomic E-state index is 7.26. The second-order valence-electron chi connectivity index (χ2n) is 10.7. The smallest absolute Gasteiger partial charge is 0.194 e. The maximum absolute atomic E-state index is 7.26. The second kappa shape index (κ2) is 11.1. The molecule has 6 heteroatoms. The molecule has 4 nitrogen and oxygen atoms in total. The van der Waals surface area contributed by atoms with Crippen molar-refractivity contribution in [1.82, 2.24) is 0 Å². The van der Waals surface area contributed by atoms with Crippen molar-refractivity contribution in [2.24, 2.45) is 0 Å². The van der Waals surface area contributed by atoms with E-state index in [2.05, 4.69) is 77.4 Å². The number of fused-ring (bicyclic) bond motifs is 1. The van der Waals surface area contributed by atoms with E-state index in [1.165, 1.54) is 0 Å². The SMILES string of the molecule is CC[Si](CC)(CC)O[C@@]12C#C[C@@](O[Si](CC)(CC)CC)([C@H]3COC(C)(C)O3)CC#C/C=C\1C=CC2. The van der Waals surface area contributed by atoms with Crippen molar-refractivity contribution in [1.29, 1.82) is 0 Å². The lowest BCUT2D eigenvalue weighted by atomic mass is 9.91. The Morgan fingerprint density at radius 2 is 1.51 bits per heavy atom. The van der Waals surface area contributed by atoms with Gasteiger partial charge in [-0.1, -0.05) is 77.4 Å². The minimum atomic E-state index is -2.04. The summed E-state index contributed by atoms with van der Waals surface area (Å²) in [6.45, 7) is 18.0. The fourth-order valence-corrected chi connectivity index (χ4v) is 11.4. The summed E-state index contributed by atoms with van der Waals surface area (Å²) in [5, 5.41) is 0. The van der Waals surface area contributed by atoms with Gasteiger partial charge in [0.15, 0.2) is 28.0 Å². The molecule has 1 heterocycles. The van der Waals surface area contributed by atoms with Gasteiger partial charge in [0.2, 0.25) is 0 Å². The number of hydrogen-bond acceptors (Lipinski definition) is 4. The predicted molar refractivity (Wildman–Crippen MR) is 149 cm³/mol. The van der Waals surface area contributed by atoms with E-state index in [1.807, 2.05) is 19.9 Å². The Balaban J connectivity index is 2.17. The van der Waals surface area contributed by atoms with Gasteiger partial charge in [-0.2, -0.15) is 0 Å². The van der Waals surface area contributed by atoms with Crippen molar-refractivity contribution in [3.8, 4) is 23.7 Å². The molecular weight excluding hydrogens is 468 g/mol. The highest BCUT2D eigenvalue weighted by atomic mass is 28.4. The van der Waals surface area contributed by atoms with Crippen LogP contribution in [0.4, 0.5) is 0 Å². The van der Waals surface area contributed by atoms with Gasteiger partial charge in [-0.25, -0.2) is 0 Å². The molecule has 3 rings (SSSR count). The van der Waals surface area contributed by atoms with Gasteiger partial charge in [0.05, 0.1) is 13.0 Å². The third kappa shape index (κ3) is 5.74. The Morgan fingerprint density at radius 1 is 0.914 bits per heavy atom. The summed E-state index contributed by atoms with van der Waals surface area (Å²) in [5.74, 6) is 13.5. The fourth-order valence-electron chi connectivity index (χ4n) is 5.51. The predicted octanol–water partition coefficient (Wildman–Crippen LogP) is 6.96. The lowest BCUT2D eigenvalue weighted by Gasteiger charge is -2.42. The first kappa shape index (κ1) is 28.4. The van der Waals surface area contributed by atoms with Crippen molar-refractivity contribution < 1.29 is 18.3 Å². The summed E-state index contributed by atoms with van der Waals surface area (Å²) < 4.78 is 26.9. The molecule has 0 aromatic carbocycles. The van der Waals surface area contributed by atoms with E-state index in [-0.39, 0.29) is 6.10 Å². The summed E-state index contributed by atoms with van der Waals surface area (Å²) in [5.41, 5.74) is -0.424. The fraction of sp³-hybridized carbons (Fsp3) is 0.724. The summed E-state index contributed by atoms with van der Waals surface area (Å²) in [7, 11) is -3.99. The molecule has 1 aliphatic heterocycles. The van der Waals surface area contributed by atoms with Crippen LogP contribution >= 0.6 is 0 Å². The summed E-state index contributed by atoms with van der Waals surface area (Å²) in [6, 6.07) is 6.36. The highest BCUT2D eigenvalue weighted by molar-refractivity contribution is 6.74. The molecule has 35 heavy (non-hydrogen) atoms. The quantitative estimate of drug-likeness (QED) is 0.221. The van der Waals surface area contributed by atoms with Crippen LogP contribution in [0, 0.1) is 23.7 Å². The van der Waals surface area contributed by atoms with Gasteiger partial charge in [0.25, 0.3) is 0 Å². The summed E-state index contributed by atoms with van der Waals surface area (Å²) in [6.07, 6.45) is 7.32. The summed E-state index contributed by atoms with van der Waals surface area (Å²) in [4.78, 5) is 0. The molecule has 3 atom stereocenters. The van der Waals surface area contributed by atoms with Crippen LogP contribution in [0.3, 0.4) is 0 Å². The lowest BCUT2D eigenvalue weighted by Crippen LogP contribution is -2.54. The number of rotatable bonds is 11. The van der Waals surface area contributed by atoms with Crippen molar-refractivity contribution in [2.75, 3.05) is 6.61 Å². The van der Waals surface area contributed by atoms with Crippen molar-refractivity contribution in [3.05, 3.63) is 23.8 Å². The topological polar surface area (TPSA) is 36.9 Å². The molecular formula is C29H46O4Si2. The van der Waals surface area contributed by atoms with Crippen LogP contribution in [0.15, 0.2) is 23.8 Å². The van der Waals surface area contributed by atoms with Gasteiger partial charge in [-0.05, 0) is 56.2 Å². The van der Waals surface area contributed by atoms with E-state index in [0.29, 0.717) is 13.0 Å². The molecule has 0 saturated carbocycles. The summed E-state index contributed by atoms with van der Waals surface area (Å²) >= 11 is 0. The average molecular weight is 515 g/mol. The van der Waals surface area contributed by atoms with Crippen molar-refractivity contribution >= 4 is 16.6 Å². The molecule has 3 aliphatic rings. The minimum Gasteiger partial charge on any atom is -0.398 e. The number of allylic oxidation sites excluding steroid dienone is 1. The Kier molecular flexibility index (Phi) is 9.01. The third-order valence-electron chi connectivity index (χ3n) is 8.51. The number of ether oxygens (including phenoxy) is 2. The molecule has 0 amide bonds. The Hall–Kier alpha value is -1.13. The molecule has 0 spiro atoms. The zero-order valence-electron chi connectivity index (χ0n) is 23.3. The van der Waals surface area contributed by atoms with E-state index in [1.54, 1.807) is 0 Å². The average Bonchev–Trinajstić information content (AvgIpc) is 3.45. The van der Waals surface area contributed by atoms with E-state index in [0.717, 1.165) is 48.3 Å². The molecule has 2 aliphatic carbocycles. The maximum Gasteiger partial charge on any atom is 0.194 e. The molecule has 0 bridgehead atoms. The Morgan fingerprint density at radius 3 is 2.06 bits per heavy atom. The van der Waals surface area contributed by atoms with Crippen LogP contribution in [0.25, 0.3) is 0 Å². The van der Waals surface area contributed by atoms with Gasteiger partial charge in [0.1, 0.15) is 11.7 Å². The van der Waals surface area contributed by atoms with E-state index in [9.17, 15) is 0 Å². The van der Waals surface area contributed by atoms with Crippen molar-refractivity contribution in [2.45, 2.75) is 128 Å². The third-order valence-corrected chi connectivity index (χ3v) is 17.8. The van der Waals surface area contributed by atoms with Crippen LogP contribution in [-0.2, 0) is 18.3 Å². The van der Waals surface area contributed by atoms with Gasteiger partial charge >= 0.3 is 0 Å².